The quantitative estimate of drug-likeness (QED) is 0.842. The molecule has 1 atom stereocenters. The Bertz CT molecular complexity index is 562. The Balaban J connectivity index is 2.25. The van der Waals surface area contributed by atoms with Gasteiger partial charge in [0, 0.05) is 6.54 Å². The first-order chi connectivity index (χ1) is 8.63. The summed E-state index contributed by atoms with van der Waals surface area (Å²) in [7, 11) is 0. The van der Waals surface area contributed by atoms with Crippen molar-refractivity contribution in [1.82, 2.24) is 14.9 Å². The normalized spacial score (nSPS) is 12.8. The molecule has 1 aromatic heterocycles. The van der Waals surface area contributed by atoms with Gasteiger partial charge in [0.1, 0.15) is 11.9 Å². The number of aliphatic carboxylic acids is 1. The van der Waals surface area contributed by atoms with E-state index in [0.717, 1.165) is 23.4 Å². The number of carboxylic acid groups (broad SMARTS) is 1. The predicted octanol–water partition coefficient (Wildman–Crippen LogP) is 1.62. The molecule has 5 nitrogen and oxygen atoms in total. The zero-order valence-electron chi connectivity index (χ0n) is 10.6. The summed E-state index contributed by atoms with van der Waals surface area (Å²) in [5, 5.41) is 11.8. The Labute approximate surface area is 105 Å². The minimum Gasteiger partial charge on any atom is -0.480 e. The van der Waals surface area contributed by atoms with Crippen LogP contribution in [0.5, 0.6) is 0 Å². The van der Waals surface area contributed by atoms with Gasteiger partial charge in [0.15, 0.2) is 0 Å². The SMILES string of the molecule is CCn1c(CNC(C)C(=O)O)nc2ccccc21. The van der Waals surface area contributed by atoms with E-state index < -0.39 is 12.0 Å². The minimum atomic E-state index is -0.853. The molecule has 0 spiro atoms. The number of carbonyl (C=O) groups is 1. The molecule has 0 fully saturated rings. The third-order valence-corrected chi connectivity index (χ3v) is 2.99. The number of hydrogen-bond donors (Lipinski definition) is 2. The van der Waals surface area contributed by atoms with Crippen molar-refractivity contribution in [1.29, 1.82) is 0 Å². The molecule has 0 saturated carbocycles. The van der Waals surface area contributed by atoms with Crippen LogP contribution in [0, 0.1) is 0 Å². The highest BCUT2D eigenvalue weighted by Crippen LogP contribution is 2.15. The first-order valence-electron chi connectivity index (χ1n) is 6.03. The fourth-order valence-electron chi connectivity index (χ4n) is 1.94. The lowest BCUT2D eigenvalue weighted by atomic mass is 10.3. The second kappa shape index (κ2) is 5.18. The number of nitrogens with one attached hydrogen (secondary N) is 1. The van der Waals surface area contributed by atoms with Gasteiger partial charge in [-0.3, -0.25) is 10.1 Å². The molecule has 5 heteroatoms. The first kappa shape index (κ1) is 12.6. The van der Waals surface area contributed by atoms with Crippen LogP contribution in [0.15, 0.2) is 24.3 Å². The van der Waals surface area contributed by atoms with Crippen LogP contribution in [0.1, 0.15) is 19.7 Å². The van der Waals surface area contributed by atoms with Gasteiger partial charge in [-0.2, -0.15) is 0 Å². The van der Waals surface area contributed by atoms with Crippen LogP contribution in [0.2, 0.25) is 0 Å². The van der Waals surface area contributed by atoms with Crippen molar-refractivity contribution < 1.29 is 9.90 Å². The van der Waals surface area contributed by atoms with Crippen LogP contribution in [-0.4, -0.2) is 26.7 Å². The van der Waals surface area contributed by atoms with Gasteiger partial charge in [0.2, 0.25) is 0 Å². The molecule has 0 aliphatic heterocycles. The molecule has 2 rings (SSSR count). The van der Waals surface area contributed by atoms with Gasteiger partial charge in [-0.15, -0.1) is 0 Å². The van der Waals surface area contributed by atoms with Crippen molar-refractivity contribution >= 4 is 17.0 Å². The van der Waals surface area contributed by atoms with Crippen LogP contribution < -0.4 is 5.32 Å². The smallest absolute Gasteiger partial charge is 0.320 e. The van der Waals surface area contributed by atoms with E-state index in [4.69, 9.17) is 5.11 Å². The third kappa shape index (κ3) is 2.36. The highest BCUT2D eigenvalue weighted by molar-refractivity contribution is 5.76. The lowest BCUT2D eigenvalue weighted by Gasteiger charge is -2.10. The molecule has 18 heavy (non-hydrogen) atoms. The third-order valence-electron chi connectivity index (χ3n) is 2.99. The summed E-state index contributed by atoms with van der Waals surface area (Å²) in [5.41, 5.74) is 2.03. The summed E-state index contributed by atoms with van der Waals surface area (Å²) >= 11 is 0. The monoisotopic (exact) mass is 247 g/mol. The summed E-state index contributed by atoms with van der Waals surface area (Å²) in [6.07, 6.45) is 0. The van der Waals surface area contributed by atoms with Crippen molar-refractivity contribution in [3.05, 3.63) is 30.1 Å². The fourth-order valence-corrected chi connectivity index (χ4v) is 1.94. The number of rotatable bonds is 5. The number of benzene rings is 1. The standard InChI is InChI=1S/C13H17N3O2/c1-3-16-11-7-5-4-6-10(11)15-12(16)8-14-9(2)13(17)18/h4-7,9,14H,3,8H2,1-2H3,(H,17,18). The van der Waals surface area contributed by atoms with Crippen molar-refractivity contribution in [2.45, 2.75) is 33.0 Å². The Hall–Kier alpha value is -1.88. The second-order valence-electron chi connectivity index (χ2n) is 4.20. The van der Waals surface area contributed by atoms with Crippen molar-refractivity contribution in [3.8, 4) is 0 Å². The van der Waals surface area contributed by atoms with Gasteiger partial charge < -0.3 is 9.67 Å². The number of hydrogen-bond acceptors (Lipinski definition) is 3. The van der Waals surface area contributed by atoms with E-state index in [1.54, 1.807) is 6.92 Å². The van der Waals surface area contributed by atoms with Crippen molar-refractivity contribution in [3.63, 3.8) is 0 Å². The number of fused-ring (bicyclic) bond motifs is 1. The molecular weight excluding hydrogens is 230 g/mol. The molecule has 1 heterocycles. The van der Waals surface area contributed by atoms with Crippen LogP contribution in [0.3, 0.4) is 0 Å². The van der Waals surface area contributed by atoms with E-state index in [2.05, 4.69) is 21.8 Å². The first-order valence-corrected chi connectivity index (χ1v) is 6.03. The van der Waals surface area contributed by atoms with E-state index in [9.17, 15) is 4.79 Å². The van der Waals surface area contributed by atoms with Crippen LogP contribution >= 0.6 is 0 Å². The van der Waals surface area contributed by atoms with Crippen LogP contribution in [0.25, 0.3) is 11.0 Å². The highest BCUT2D eigenvalue weighted by Gasteiger charge is 2.13. The number of carboxylic acids is 1. The van der Waals surface area contributed by atoms with E-state index in [0.29, 0.717) is 6.54 Å². The minimum absolute atomic E-state index is 0.454. The van der Waals surface area contributed by atoms with Crippen molar-refractivity contribution in [2.75, 3.05) is 0 Å². The number of para-hydroxylation sites is 2. The molecule has 0 saturated heterocycles. The predicted molar refractivity (Wildman–Crippen MR) is 69.3 cm³/mol. The summed E-state index contributed by atoms with van der Waals surface area (Å²) in [5.74, 6) is 0.0148. The summed E-state index contributed by atoms with van der Waals surface area (Å²) in [6, 6.07) is 7.34. The molecule has 0 radical (unpaired) electrons. The molecule has 2 aromatic rings. The summed E-state index contributed by atoms with van der Waals surface area (Å²) in [4.78, 5) is 15.3. The van der Waals surface area contributed by atoms with E-state index in [1.165, 1.54) is 0 Å². The van der Waals surface area contributed by atoms with E-state index in [1.807, 2.05) is 24.3 Å². The van der Waals surface area contributed by atoms with Gasteiger partial charge in [-0.05, 0) is 26.0 Å². The maximum atomic E-state index is 10.8. The Morgan fingerprint density at radius 1 is 1.50 bits per heavy atom. The molecule has 0 bridgehead atoms. The second-order valence-corrected chi connectivity index (χ2v) is 4.20. The number of aromatic nitrogens is 2. The number of imidazole rings is 1. The zero-order chi connectivity index (χ0) is 13.1. The zero-order valence-corrected chi connectivity index (χ0v) is 10.6. The summed E-state index contributed by atoms with van der Waals surface area (Å²) < 4.78 is 2.09. The molecule has 96 valence electrons. The van der Waals surface area contributed by atoms with Crippen LogP contribution in [-0.2, 0) is 17.9 Å². The lowest BCUT2D eigenvalue weighted by molar-refractivity contribution is -0.139. The molecule has 2 N–H and O–H groups in total. The Morgan fingerprint density at radius 2 is 2.22 bits per heavy atom. The van der Waals surface area contributed by atoms with E-state index in [-0.39, 0.29) is 0 Å². The molecule has 1 unspecified atom stereocenters. The molecule has 0 aliphatic carbocycles. The number of nitrogens with zero attached hydrogens (tertiary/aromatic N) is 2. The topological polar surface area (TPSA) is 67.2 Å². The molecular formula is C13H17N3O2. The molecule has 0 aliphatic rings. The largest absolute Gasteiger partial charge is 0.480 e. The van der Waals surface area contributed by atoms with Gasteiger partial charge in [0.05, 0.1) is 17.6 Å². The Morgan fingerprint density at radius 3 is 2.89 bits per heavy atom. The van der Waals surface area contributed by atoms with Gasteiger partial charge >= 0.3 is 5.97 Å². The average Bonchev–Trinajstić information content (AvgIpc) is 2.73. The lowest BCUT2D eigenvalue weighted by Crippen LogP contribution is -2.33. The molecule has 0 amide bonds. The maximum Gasteiger partial charge on any atom is 0.320 e. The maximum absolute atomic E-state index is 10.8. The fraction of sp³-hybridized carbons (Fsp3) is 0.385. The van der Waals surface area contributed by atoms with Gasteiger partial charge in [-0.25, -0.2) is 4.98 Å². The summed E-state index contributed by atoms with van der Waals surface area (Å²) in [6.45, 7) is 4.95. The number of aryl methyl sites for hydroxylation is 1. The Kier molecular flexibility index (Phi) is 3.62. The van der Waals surface area contributed by atoms with Crippen molar-refractivity contribution in [2.24, 2.45) is 0 Å². The molecule has 1 aromatic carbocycles. The highest BCUT2D eigenvalue weighted by atomic mass is 16.4. The average molecular weight is 247 g/mol. The van der Waals surface area contributed by atoms with Gasteiger partial charge in [-0.1, -0.05) is 12.1 Å². The van der Waals surface area contributed by atoms with E-state index >= 15 is 0 Å². The van der Waals surface area contributed by atoms with Crippen LogP contribution in [0.4, 0.5) is 0 Å². The van der Waals surface area contributed by atoms with Gasteiger partial charge in [0.25, 0.3) is 0 Å².